The summed E-state index contributed by atoms with van der Waals surface area (Å²) in [6.07, 6.45) is 1.94. The van der Waals surface area contributed by atoms with Crippen molar-refractivity contribution in [3.63, 3.8) is 0 Å². The second kappa shape index (κ2) is 13.9. The van der Waals surface area contributed by atoms with E-state index >= 15 is 0 Å². The van der Waals surface area contributed by atoms with Crippen molar-refractivity contribution in [2.24, 2.45) is 0 Å². The summed E-state index contributed by atoms with van der Waals surface area (Å²) >= 11 is 0. The molecule has 56 heavy (non-hydrogen) atoms. The summed E-state index contributed by atoms with van der Waals surface area (Å²) in [5, 5.41) is 2.38. The van der Waals surface area contributed by atoms with Gasteiger partial charge in [0.25, 0.3) is 0 Å². The zero-order valence-electron chi connectivity index (χ0n) is 31.5. The number of pyridine rings is 1. The van der Waals surface area contributed by atoms with Gasteiger partial charge in [-0.2, -0.15) is 0 Å². The van der Waals surface area contributed by atoms with Gasteiger partial charge in [0.1, 0.15) is 5.82 Å². The Balaban J connectivity index is 1.12. The molecule has 1 aliphatic rings. The van der Waals surface area contributed by atoms with Crippen LogP contribution in [0.25, 0.3) is 49.9 Å². The fraction of sp³-hybridized carbons (Fsp3) is 0.0784. The lowest BCUT2D eigenvalue weighted by Gasteiger charge is -2.28. The molecular weight excluding hydrogens is 683 g/mol. The predicted octanol–water partition coefficient (Wildman–Crippen LogP) is 13.3. The number of rotatable bonds is 8. The highest BCUT2D eigenvalue weighted by molar-refractivity contribution is 6.10. The first kappa shape index (κ1) is 33.5. The summed E-state index contributed by atoms with van der Waals surface area (Å²) in [4.78, 5) is 12.3. The van der Waals surface area contributed by atoms with E-state index in [4.69, 9.17) is 4.98 Å². The summed E-state index contributed by atoms with van der Waals surface area (Å²) < 4.78 is 2.32. The lowest BCUT2D eigenvalue weighted by molar-refractivity contribution is 0.709. The van der Waals surface area contributed by atoms with Crippen LogP contribution in [0.15, 0.2) is 194 Å². The van der Waals surface area contributed by atoms with Crippen LogP contribution in [0.4, 0.5) is 34.1 Å². The number of fused-ring (bicyclic) bond motifs is 4. The Labute approximate surface area is 328 Å². The molecule has 0 saturated carbocycles. The Morgan fingerprint density at radius 3 is 1.95 bits per heavy atom. The van der Waals surface area contributed by atoms with Crippen LogP contribution in [-0.2, 0) is 0 Å². The quantitative estimate of drug-likeness (QED) is 0.156. The standard InChI is InChI=1S/C51H41N5/c1-36(2)53-35-54(49-27-14-13-26-48(49)53)40-20-15-21-41(33-40)55(39-18-7-4-8-19-39)42-28-29-46-45-24-11-12-25-47(45)56(50(46)34-42)51-32-38(30-31-52-51)44-23-10-9-22-43(44)37-16-5-3-6-17-37/h3-34,36H,35H2,1-2H3. The Morgan fingerprint density at radius 2 is 1.14 bits per heavy atom. The van der Waals surface area contributed by atoms with E-state index in [2.05, 4.69) is 221 Å². The SMILES string of the molecule is CC(C)N1CN(c2cccc(N(c3ccccc3)c3ccc4c5ccccc5n(-c5cc(-c6ccccc6-c6ccccc6)ccn5)c4c3)c2)c2ccccc21. The Kier molecular flexibility index (Phi) is 8.33. The zero-order chi connectivity index (χ0) is 37.6. The third-order valence-corrected chi connectivity index (χ3v) is 11.0. The number of anilines is 6. The maximum absolute atomic E-state index is 5.03. The van der Waals surface area contributed by atoms with E-state index < -0.39 is 0 Å². The summed E-state index contributed by atoms with van der Waals surface area (Å²) in [6.45, 7) is 5.33. The molecule has 5 nitrogen and oxygen atoms in total. The minimum Gasteiger partial charge on any atom is -0.349 e. The van der Waals surface area contributed by atoms with E-state index in [0.29, 0.717) is 6.04 Å². The maximum atomic E-state index is 5.03. The van der Waals surface area contributed by atoms with Crippen LogP contribution in [0.3, 0.4) is 0 Å². The van der Waals surface area contributed by atoms with Gasteiger partial charge in [0.05, 0.1) is 29.1 Å². The van der Waals surface area contributed by atoms with Crippen molar-refractivity contribution in [2.45, 2.75) is 19.9 Å². The molecule has 0 unspecified atom stereocenters. The Hall–Kier alpha value is -7.11. The molecule has 0 amide bonds. The fourth-order valence-corrected chi connectivity index (χ4v) is 8.38. The molecule has 9 aromatic rings. The fourth-order valence-electron chi connectivity index (χ4n) is 8.38. The summed E-state index contributed by atoms with van der Waals surface area (Å²) in [5.41, 5.74) is 13.8. The van der Waals surface area contributed by atoms with Gasteiger partial charge in [0, 0.05) is 45.8 Å². The molecule has 0 saturated heterocycles. The molecule has 0 atom stereocenters. The van der Waals surface area contributed by atoms with Gasteiger partial charge in [-0.3, -0.25) is 4.57 Å². The van der Waals surface area contributed by atoms with Crippen molar-refractivity contribution >= 4 is 55.9 Å². The van der Waals surface area contributed by atoms with E-state index in [1.165, 1.54) is 38.8 Å². The van der Waals surface area contributed by atoms with Gasteiger partial charge < -0.3 is 14.7 Å². The molecule has 5 heteroatoms. The number of para-hydroxylation sites is 4. The molecule has 0 aliphatic carbocycles. The number of hydrogen-bond acceptors (Lipinski definition) is 4. The second-order valence-electron chi connectivity index (χ2n) is 14.7. The molecule has 0 spiro atoms. The van der Waals surface area contributed by atoms with Crippen molar-refractivity contribution in [2.75, 3.05) is 21.4 Å². The zero-order valence-corrected chi connectivity index (χ0v) is 31.5. The lowest BCUT2D eigenvalue weighted by Crippen LogP contribution is -2.33. The highest BCUT2D eigenvalue weighted by Crippen LogP contribution is 2.45. The number of benzene rings is 7. The summed E-state index contributed by atoms with van der Waals surface area (Å²) in [6, 6.07) is 67.9. The second-order valence-corrected chi connectivity index (χ2v) is 14.7. The van der Waals surface area contributed by atoms with Crippen LogP contribution in [0.5, 0.6) is 0 Å². The van der Waals surface area contributed by atoms with Crippen LogP contribution in [-0.4, -0.2) is 22.3 Å². The molecule has 3 heterocycles. The van der Waals surface area contributed by atoms with Crippen molar-refractivity contribution in [3.05, 3.63) is 194 Å². The van der Waals surface area contributed by atoms with Gasteiger partial charge in [-0.1, -0.05) is 115 Å². The molecule has 2 aromatic heterocycles. The summed E-state index contributed by atoms with van der Waals surface area (Å²) in [7, 11) is 0. The van der Waals surface area contributed by atoms with Crippen molar-refractivity contribution in [1.82, 2.24) is 9.55 Å². The third-order valence-electron chi connectivity index (χ3n) is 11.0. The molecule has 270 valence electrons. The van der Waals surface area contributed by atoms with Crippen LogP contribution in [0.2, 0.25) is 0 Å². The first-order valence-corrected chi connectivity index (χ1v) is 19.4. The number of aromatic nitrogens is 2. The summed E-state index contributed by atoms with van der Waals surface area (Å²) in [5.74, 6) is 0.879. The van der Waals surface area contributed by atoms with Gasteiger partial charge in [-0.25, -0.2) is 4.98 Å². The first-order valence-electron chi connectivity index (χ1n) is 19.4. The minimum absolute atomic E-state index is 0.387. The van der Waals surface area contributed by atoms with E-state index in [-0.39, 0.29) is 0 Å². The number of hydrogen-bond donors (Lipinski definition) is 0. The van der Waals surface area contributed by atoms with Gasteiger partial charge in [-0.05, 0) is 109 Å². The molecule has 0 fully saturated rings. The Morgan fingerprint density at radius 1 is 0.500 bits per heavy atom. The van der Waals surface area contributed by atoms with Crippen molar-refractivity contribution < 1.29 is 0 Å². The largest absolute Gasteiger partial charge is 0.349 e. The highest BCUT2D eigenvalue weighted by atomic mass is 15.4. The lowest BCUT2D eigenvalue weighted by atomic mass is 9.95. The maximum Gasteiger partial charge on any atom is 0.138 e. The normalized spacial score (nSPS) is 12.5. The van der Waals surface area contributed by atoms with Crippen molar-refractivity contribution in [3.8, 4) is 28.1 Å². The first-order chi connectivity index (χ1) is 27.6. The third kappa shape index (κ3) is 5.76. The monoisotopic (exact) mass is 723 g/mol. The van der Waals surface area contributed by atoms with Crippen molar-refractivity contribution in [1.29, 1.82) is 0 Å². The van der Waals surface area contributed by atoms with Crippen LogP contribution in [0.1, 0.15) is 13.8 Å². The molecule has 1 aliphatic heterocycles. The average molecular weight is 724 g/mol. The van der Waals surface area contributed by atoms with Gasteiger partial charge in [-0.15, -0.1) is 0 Å². The van der Waals surface area contributed by atoms with E-state index in [1.807, 2.05) is 6.20 Å². The van der Waals surface area contributed by atoms with Crippen LogP contribution in [0, 0.1) is 0 Å². The van der Waals surface area contributed by atoms with E-state index in [1.54, 1.807) is 0 Å². The van der Waals surface area contributed by atoms with E-state index in [0.717, 1.165) is 51.8 Å². The topological polar surface area (TPSA) is 27.5 Å². The van der Waals surface area contributed by atoms with Gasteiger partial charge >= 0.3 is 0 Å². The van der Waals surface area contributed by atoms with E-state index in [9.17, 15) is 0 Å². The molecular formula is C51H41N5. The average Bonchev–Trinajstić information content (AvgIpc) is 3.81. The Bertz CT molecular complexity index is 2840. The minimum atomic E-state index is 0.387. The predicted molar refractivity (Wildman–Crippen MR) is 235 cm³/mol. The molecule has 10 rings (SSSR count). The van der Waals surface area contributed by atoms with Crippen LogP contribution < -0.4 is 14.7 Å². The highest BCUT2D eigenvalue weighted by Gasteiger charge is 2.29. The molecule has 7 aromatic carbocycles. The smallest absolute Gasteiger partial charge is 0.138 e. The molecule has 0 radical (unpaired) electrons. The molecule has 0 N–H and O–H groups in total. The van der Waals surface area contributed by atoms with Crippen LogP contribution >= 0.6 is 0 Å². The molecule has 0 bridgehead atoms. The number of nitrogens with zero attached hydrogens (tertiary/aromatic N) is 5. The van der Waals surface area contributed by atoms with Gasteiger partial charge in [0.2, 0.25) is 0 Å². The van der Waals surface area contributed by atoms with Gasteiger partial charge in [0.15, 0.2) is 0 Å².